The van der Waals surface area contributed by atoms with Gasteiger partial charge in [0.1, 0.15) is 17.2 Å². The molecule has 2 aromatic rings. The van der Waals surface area contributed by atoms with Crippen molar-refractivity contribution in [2.75, 3.05) is 13.1 Å². The van der Waals surface area contributed by atoms with Gasteiger partial charge in [0, 0.05) is 31.4 Å². The number of nitrogens with zero attached hydrogens (tertiary/aromatic N) is 2. The molecule has 2 atom stereocenters. The van der Waals surface area contributed by atoms with Crippen LogP contribution in [0, 0.1) is 18.6 Å². The Morgan fingerprint density at radius 2 is 1.97 bits per heavy atom. The molecule has 0 aliphatic carbocycles. The maximum Gasteiger partial charge on any atom is 0.274 e. The van der Waals surface area contributed by atoms with Gasteiger partial charge >= 0.3 is 0 Å². The van der Waals surface area contributed by atoms with Crippen LogP contribution in [0.2, 0.25) is 0 Å². The number of rotatable bonds is 3. The van der Waals surface area contributed by atoms with Crippen molar-refractivity contribution in [3.05, 3.63) is 62.6 Å². The highest BCUT2D eigenvalue weighted by molar-refractivity contribution is 6.21. The van der Waals surface area contributed by atoms with E-state index in [0.29, 0.717) is 31.5 Å². The van der Waals surface area contributed by atoms with Crippen molar-refractivity contribution in [3.63, 3.8) is 0 Å². The zero-order valence-corrected chi connectivity index (χ0v) is 17.4. The SMILES string of the molecule is Cc1cc(F)c(CNC(=O)c2cn3c(c(O)c2=O)C(=O)N2CCC[C@H](Cl)[C@H]3C2)c(F)c1. The summed E-state index contributed by atoms with van der Waals surface area (Å²) >= 11 is 6.47. The molecule has 2 N–H and O–H groups in total. The number of alkyl halides is 1. The largest absolute Gasteiger partial charge is 0.503 e. The minimum atomic E-state index is -1.03. The molecule has 7 nitrogen and oxygen atoms in total. The molecule has 1 fully saturated rings. The lowest BCUT2D eigenvalue weighted by atomic mass is 10.0. The Kier molecular flexibility index (Phi) is 5.47. The molecule has 2 aliphatic rings. The van der Waals surface area contributed by atoms with Crippen molar-refractivity contribution in [3.8, 4) is 5.75 Å². The van der Waals surface area contributed by atoms with E-state index >= 15 is 0 Å². The molecule has 2 aliphatic heterocycles. The van der Waals surface area contributed by atoms with Crippen LogP contribution < -0.4 is 10.7 Å². The minimum Gasteiger partial charge on any atom is -0.503 e. The second-order valence-corrected chi connectivity index (χ2v) is 8.40. The predicted octanol–water partition coefficient (Wildman–Crippen LogP) is 2.47. The highest BCUT2D eigenvalue weighted by Crippen LogP contribution is 2.34. The number of nitrogens with one attached hydrogen (secondary N) is 1. The van der Waals surface area contributed by atoms with Gasteiger partial charge in [-0.1, -0.05) is 0 Å². The number of amides is 2. The summed E-state index contributed by atoms with van der Waals surface area (Å²) in [6, 6.07) is 1.84. The van der Waals surface area contributed by atoms with E-state index in [9.17, 15) is 28.3 Å². The molecule has 0 saturated carbocycles. The zero-order chi connectivity index (χ0) is 22.4. The number of fused-ring (bicyclic) bond motifs is 4. The number of hydrogen-bond donors (Lipinski definition) is 2. The molecule has 0 spiro atoms. The van der Waals surface area contributed by atoms with E-state index in [1.165, 1.54) is 22.6 Å². The van der Waals surface area contributed by atoms with Crippen LogP contribution in [-0.4, -0.2) is 44.9 Å². The molecular formula is C21H20ClF2N3O4. The van der Waals surface area contributed by atoms with Gasteiger partial charge in [0.15, 0.2) is 11.4 Å². The fraction of sp³-hybridized carbons (Fsp3) is 0.381. The monoisotopic (exact) mass is 451 g/mol. The summed E-state index contributed by atoms with van der Waals surface area (Å²) in [6.07, 6.45) is 2.49. The third-order valence-electron chi connectivity index (χ3n) is 5.75. The van der Waals surface area contributed by atoms with Crippen molar-refractivity contribution >= 4 is 23.4 Å². The second-order valence-electron chi connectivity index (χ2n) is 7.84. The molecule has 31 heavy (non-hydrogen) atoms. The highest BCUT2D eigenvalue weighted by Gasteiger charge is 2.39. The molecule has 0 radical (unpaired) electrons. The van der Waals surface area contributed by atoms with Crippen LogP contribution >= 0.6 is 11.6 Å². The van der Waals surface area contributed by atoms with Crippen molar-refractivity contribution in [2.24, 2.45) is 0 Å². The van der Waals surface area contributed by atoms with Gasteiger partial charge in [-0.2, -0.15) is 0 Å². The van der Waals surface area contributed by atoms with Crippen LogP contribution in [0.5, 0.6) is 5.75 Å². The third-order valence-corrected chi connectivity index (χ3v) is 6.26. The Balaban J connectivity index is 1.69. The number of carbonyl (C=O) groups is 2. The number of aromatic hydroxyl groups is 1. The van der Waals surface area contributed by atoms with Crippen LogP contribution in [-0.2, 0) is 6.54 Å². The van der Waals surface area contributed by atoms with Crippen LogP contribution in [0.3, 0.4) is 0 Å². The number of aryl methyl sites for hydroxylation is 1. The van der Waals surface area contributed by atoms with Crippen LogP contribution in [0.4, 0.5) is 8.78 Å². The number of aromatic nitrogens is 1. The van der Waals surface area contributed by atoms with E-state index in [1.807, 2.05) is 0 Å². The van der Waals surface area contributed by atoms with Crippen LogP contribution in [0.25, 0.3) is 0 Å². The maximum atomic E-state index is 14.0. The third kappa shape index (κ3) is 3.67. The van der Waals surface area contributed by atoms with E-state index in [2.05, 4.69) is 5.32 Å². The molecule has 3 heterocycles. The van der Waals surface area contributed by atoms with Crippen LogP contribution in [0.15, 0.2) is 23.1 Å². The Labute approximate surface area is 181 Å². The van der Waals surface area contributed by atoms with E-state index in [-0.39, 0.29) is 16.6 Å². The summed E-state index contributed by atoms with van der Waals surface area (Å²) in [5.74, 6) is -3.92. The maximum absolute atomic E-state index is 14.0. The van der Waals surface area contributed by atoms with Gasteiger partial charge in [0.25, 0.3) is 11.8 Å². The van der Waals surface area contributed by atoms with E-state index < -0.39 is 52.8 Å². The molecule has 0 unspecified atom stereocenters. The van der Waals surface area contributed by atoms with E-state index in [4.69, 9.17) is 11.6 Å². The number of halogens is 3. The predicted molar refractivity (Wildman–Crippen MR) is 108 cm³/mol. The van der Waals surface area contributed by atoms with Gasteiger partial charge in [0.05, 0.1) is 11.4 Å². The average Bonchev–Trinajstić information content (AvgIpc) is 2.87. The van der Waals surface area contributed by atoms with Gasteiger partial charge in [0.2, 0.25) is 5.43 Å². The number of pyridine rings is 1. The summed E-state index contributed by atoms with van der Waals surface area (Å²) in [6.45, 7) is 1.80. The van der Waals surface area contributed by atoms with Crippen molar-refractivity contribution in [2.45, 2.75) is 37.7 Å². The summed E-state index contributed by atoms with van der Waals surface area (Å²) in [5, 5.41) is 12.4. The smallest absolute Gasteiger partial charge is 0.274 e. The minimum absolute atomic E-state index is 0.207. The molecule has 164 valence electrons. The fourth-order valence-corrected chi connectivity index (χ4v) is 4.47. The number of hydrogen-bond acceptors (Lipinski definition) is 4. The van der Waals surface area contributed by atoms with Gasteiger partial charge < -0.3 is 19.9 Å². The summed E-state index contributed by atoms with van der Waals surface area (Å²) < 4.78 is 29.5. The average molecular weight is 452 g/mol. The molecule has 1 aromatic heterocycles. The first kappa shape index (κ1) is 21.3. The quantitative estimate of drug-likeness (QED) is 0.701. The summed E-state index contributed by atoms with van der Waals surface area (Å²) in [5.41, 5.74) is -1.64. The normalized spacial score (nSPS) is 20.3. The van der Waals surface area contributed by atoms with Gasteiger partial charge in [-0.3, -0.25) is 14.4 Å². The van der Waals surface area contributed by atoms with Gasteiger partial charge in [-0.25, -0.2) is 8.78 Å². The molecule has 1 saturated heterocycles. The van der Waals surface area contributed by atoms with Crippen molar-refractivity contribution < 1.29 is 23.5 Å². The van der Waals surface area contributed by atoms with Crippen molar-refractivity contribution in [1.29, 1.82) is 0 Å². The first-order chi connectivity index (χ1) is 14.7. The molecule has 2 amide bonds. The molecule has 2 bridgehead atoms. The van der Waals surface area contributed by atoms with E-state index in [0.717, 1.165) is 12.1 Å². The lowest BCUT2D eigenvalue weighted by Crippen LogP contribution is -2.46. The fourth-order valence-electron chi connectivity index (χ4n) is 4.11. The van der Waals surface area contributed by atoms with Gasteiger partial charge in [-0.05, 0) is 37.5 Å². The zero-order valence-electron chi connectivity index (χ0n) is 16.6. The Hall–Kier alpha value is -2.94. The number of carbonyl (C=O) groups excluding carboxylic acids is 2. The lowest BCUT2D eigenvalue weighted by molar-refractivity contribution is 0.0678. The standard InChI is InChI=1S/C21H20ClF2N3O4/c1-10-5-14(23)11(15(24)6-10)7-25-20(30)12-8-27-16-9-26(4-2-3-13(16)22)21(31)17(27)19(29)18(12)28/h5-6,8,13,16,29H,2-4,7,9H2,1H3,(H,25,30)/t13-,16+/m0/s1. The topological polar surface area (TPSA) is 91.6 Å². The molecule has 4 rings (SSSR count). The molecule has 10 heteroatoms. The van der Waals surface area contributed by atoms with Crippen LogP contribution in [0.1, 0.15) is 50.9 Å². The lowest BCUT2D eigenvalue weighted by Gasteiger charge is -2.35. The molecule has 1 aromatic carbocycles. The first-order valence-electron chi connectivity index (χ1n) is 9.83. The summed E-state index contributed by atoms with van der Waals surface area (Å²) in [4.78, 5) is 39.6. The number of benzene rings is 1. The van der Waals surface area contributed by atoms with Gasteiger partial charge in [-0.15, -0.1) is 11.6 Å². The second kappa shape index (κ2) is 7.96. The van der Waals surface area contributed by atoms with Crippen molar-refractivity contribution in [1.82, 2.24) is 14.8 Å². The highest BCUT2D eigenvalue weighted by atomic mass is 35.5. The first-order valence-corrected chi connectivity index (χ1v) is 10.3. The van der Waals surface area contributed by atoms with E-state index in [1.54, 1.807) is 0 Å². The molecular weight excluding hydrogens is 432 g/mol. The Morgan fingerprint density at radius 3 is 2.65 bits per heavy atom. The Morgan fingerprint density at radius 1 is 1.29 bits per heavy atom. The summed E-state index contributed by atoms with van der Waals surface area (Å²) in [7, 11) is 0. The Bertz CT molecular complexity index is 1130.